The van der Waals surface area contributed by atoms with E-state index in [1.165, 1.54) is 12.5 Å². The summed E-state index contributed by atoms with van der Waals surface area (Å²) >= 11 is 0. The zero-order chi connectivity index (χ0) is 34.0. The first-order chi connectivity index (χ1) is 23.5. The van der Waals surface area contributed by atoms with Crippen LogP contribution >= 0.6 is 0 Å². The minimum Gasteiger partial charge on any atom is -0.309 e. The first-order valence-electron chi connectivity index (χ1n) is 16.1. The second-order valence-corrected chi connectivity index (χ2v) is 17.3. The molecule has 0 aliphatic heterocycles. The van der Waals surface area contributed by atoms with Crippen molar-refractivity contribution in [3.63, 3.8) is 0 Å². The number of aromatic nitrogens is 2. The molecule has 8 heteroatoms. The van der Waals surface area contributed by atoms with Gasteiger partial charge in [-0.25, -0.2) is 16.8 Å². The molecular weight excluding hydrogens is 649 g/mol. The van der Waals surface area contributed by atoms with E-state index in [-0.39, 0.29) is 11.5 Å². The van der Waals surface area contributed by atoms with Gasteiger partial charge >= 0.3 is 0 Å². The van der Waals surface area contributed by atoms with Crippen molar-refractivity contribution in [3.8, 4) is 11.4 Å². The molecule has 0 atom stereocenters. The summed E-state index contributed by atoms with van der Waals surface area (Å²) in [6.07, 6.45) is 2.34. The molecule has 0 N–H and O–H groups in total. The van der Waals surface area contributed by atoms with Crippen LogP contribution < -0.4 is 0 Å². The number of fused-ring (bicyclic) bond motifs is 6. The molecule has 0 bridgehead atoms. The minimum atomic E-state index is -3.65. The Kier molecular flexibility index (Phi) is 7.28. The molecule has 6 nitrogen and oxygen atoms in total. The van der Waals surface area contributed by atoms with E-state index in [4.69, 9.17) is 0 Å². The maximum atomic E-state index is 13.2. The molecule has 6 aromatic carbocycles. The van der Waals surface area contributed by atoms with Crippen LogP contribution in [0.1, 0.15) is 11.1 Å². The van der Waals surface area contributed by atoms with E-state index in [1.54, 1.807) is 0 Å². The van der Waals surface area contributed by atoms with Crippen molar-refractivity contribution in [1.82, 2.24) is 9.13 Å². The molecule has 2 heterocycles. The lowest BCUT2D eigenvalue weighted by Crippen LogP contribution is -2.42. The van der Waals surface area contributed by atoms with E-state index in [0.29, 0.717) is 11.1 Å². The molecular formula is C41H34N2O4S2. The normalized spacial score (nSPS) is 12.8. The summed E-state index contributed by atoms with van der Waals surface area (Å²) in [5.74, 6) is -0.729. The van der Waals surface area contributed by atoms with E-state index in [0.717, 1.165) is 55.0 Å². The third-order valence-electron chi connectivity index (χ3n) is 9.53. The Balaban J connectivity index is 1.30. The Hall–Kier alpha value is -5.18. The number of hydrogen-bond donors (Lipinski definition) is 0. The first kappa shape index (κ1) is 31.1. The van der Waals surface area contributed by atoms with E-state index in [9.17, 15) is 16.8 Å². The van der Waals surface area contributed by atoms with Crippen molar-refractivity contribution in [2.45, 2.75) is 5.41 Å². The fourth-order valence-corrected chi connectivity index (χ4v) is 10.5. The SMILES string of the molecule is CS(=O)(=O)CC(CS(C)(=O)=O)(c1ccc(-n2c3ccccc3c3ccccc32)cc1)c1ccc(-n2c3ccccc3c3ccccc32)cc1. The van der Waals surface area contributed by atoms with E-state index in [2.05, 4.69) is 57.7 Å². The highest BCUT2D eigenvalue weighted by atomic mass is 32.2. The van der Waals surface area contributed by atoms with Crippen molar-refractivity contribution in [2.75, 3.05) is 24.0 Å². The molecule has 0 aliphatic carbocycles. The van der Waals surface area contributed by atoms with Gasteiger partial charge in [0.1, 0.15) is 19.7 Å². The van der Waals surface area contributed by atoms with Crippen molar-refractivity contribution in [2.24, 2.45) is 0 Å². The van der Waals surface area contributed by atoms with Crippen LogP contribution in [0.25, 0.3) is 55.0 Å². The lowest BCUT2D eigenvalue weighted by atomic mass is 9.77. The lowest BCUT2D eigenvalue weighted by Gasteiger charge is -2.34. The van der Waals surface area contributed by atoms with Gasteiger partial charge < -0.3 is 9.13 Å². The molecule has 0 unspecified atom stereocenters. The van der Waals surface area contributed by atoms with Crippen molar-refractivity contribution in [1.29, 1.82) is 0 Å². The van der Waals surface area contributed by atoms with Gasteiger partial charge in [0.15, 0.2) is 0 Å². The van der Waals surface area contributed by atoms with E-state index in [1.807, 2.05) is 97.1 Å². The van der Waals surface area contributed by atoms with Gasteiger partial charge in [0.25, 0.3) is 0 Å². The summed E-state index contributed by atoms with van der Waals surface area (Å²) in [6.45, 7) is 0. The molecule has 0 aliphatic rings. The average molecular weight is 683 g/mol. The van der Waals surface area contributed by atoms with Gasteiger partial charge in [-0.2, -0.15) is 0 Å². The fourth-order valence-electron chi connectivity index (χ4n) is 7.70. The van der Waals surface area contributed by atoms with Crippen LogP contribution in [0, 0.1) is 0 Å². The van der Waals surface area contributed by atoms with Crippen LogP contribution in [0.5, 0.6) is 0 Å². The molecule has 0 saturated carbocycles. The minimum absolute atomic E-state index is 0.365. The van der Waals surface area contributed by atoms with Crippen LogP contribution in [0.3, 0.4) is 0 Å². The van der Waals surface area contributed by atoms with E-state index < -0.39 is 25.1 Å². The molecule has 49 heavy (non-hydrogen) atoms. The highest BCUT2D eigenvalue weighted by Gasteiger charge is 2.41. The Morgan fingerprint density at radius 1 is 0.408 bits per heavy atom. The summed E-state index contributed by atoms with van der Waals surface area (Å²) in [6, 6.07) is 48.3. The standard InChI is InChI=1S/C41H34N2O4S2/c1-48(44,45)27-41(28-49(2,46)47,29-19-23-31(24-20-29)42-37-15-7-3-11-33(37)34-12-4-8-16-38(34)42)30-21-25-32(26-22-30)43-39-17-9-5-13-35(39)36-14-6-10-18-40(36)43/h3-26H,27-28H2,1-2H3. The zero-order valence-corrected chi connectivity index (χ0v) is 28.7. The molecule has 0 fully saturated rings. The number of hydrogen-bond acceptors (Lipinski definition) is 4. The fraction of sp³-hybridized carbons (Fsp3) is 0.122. The van der Waals surface area contributed by atoms with Crippen LogP contribution in [0.15, 0.2) is 146 Å². The van der Waals surface area contributed by atoms with Crippen LogP contribution in [0.4, 0.5) is 0 Å². The Morgan fingerprint density at radius 3 is 0.939 bits per heavy atom. The Labute approximate surface area is 285 Å². The number of rotatable bonds is 8. The van der Waals surface area contributed by atoms with Crippen molar-refractivity contribution >= 4 is 63.3 Å². The largest absolute Gasteiger partial charge is 0.309 e. The number of sulfone groups is 2. The predicted octanol–water partition coefficient (Wildman–Crippen LogP) is 8.26. The first-order valence-corrected chi connectivity index (χ1v) is 20.2. The van der Waals surface area contributed by atoms with Gasteiger partial charge in [0.2, 0.25) is 0 Å². The molecule has 0 amide bonds. The highest BCUT2D eigenvalue weighted by molar-refractivity contribution is 7.91. The molecule has 0 radical (unpaired) electrons. The van der Waals surface area contributed by atoms with Crippen molar-refractivity contribution in [3.05, 3.63) is 157 Å². The van der Waals surface area contributed by atoms with Gasteiger partial charge in [-0.15, -0.1) is 0 Å². The summed E-state index contributed by atoms with van der Waals surface area (Å²) in [5.41, 5.74) is 5.90. The monoisotopic (exact) mass is 682 g/mol. The Morgan fingerprint density at radius 2 is 0.673 bits per heavy atom. The third kappa shape index (κ3) is 5.41. The molecule has 8 aromatic rings. The molecule has 8 rings (SSSR count). The second-order valence-electron chi connectivity index (χ2n) is 13.1. The van der Waals surface area contributed by atoms with Crippen molar-refractivity contribution < 1.29 is 16.8 Å². The summed E-state index contributed by atoms with van der Waals surface area (Å²) in [5, 5.41) is 4.53. The van der Waals surface area contributed by atoms with Crippen LogP contribution in [-0.4, -0.2) is 50.0 Å². The smallest absolute Gasteiger partial charge is 0.148 e. The molecule has 2 aromatic heterocycles. The third-order valence-corrected chi connectivity index (χ3v) is 11.6. The second kappa shape index (κ2) is 11.5. The summed E-state index contributed by atoms with van der Waals surface area (Å²) < 4.78 is 57.0. The summed E-state index contributed by atoms with van der Waals surface area (Å²) in [4.78, 5) is 0. The maximum absolute atomic E-state index is 13.2. The zero-order valence-electron chi connectivity index (χ0n) is 27.1. The molecule has 0 saturated heterocycles. The highest BCUT2D eigenvalue weighted by Crippen LogP contribution is 2.39. The predicted molar refractivity (Wildman–Crippen MR) is 202 cm³/mol. The molecule has 244 valence electrons. The van der Waals surface area contributed by atoms with Gasteiger partial charge in [-0.3, -0.25) is 0 Å². The van der Waals surface area contributed by atoms with Gasteiger partial charge in [0, 0.05) is 50.8 Å². The quantitative estimate of drug-likeness (QED) is 0.162. The van der Waals surface area contributed by atoms with Crippen LogP contribution in [0.2, 0.25) is 0 Å². The summed E-state index contributed by atoms with van der Waals surface area (Å²) in [7, 11) is -7.29. The van der Waals surface area contributed by atoms with Gasteiger partial charge in [-0.05, 0) is 59.7 Å². The number of nitrogens with zero attached hydrogens (tertiary/aromatic N) is 2. The Bertz CT molecular complexity index is 2460. The van der Waals surface area contributed by atoms with Gasteiger partial charge in [-0.1, -0.05) is 97.1 Å². The lowest BCUT2D eigenvalue weighted by molar-refractivity contribution is 0.557. The number of para-hydroxylation sites is 4. The number of benzene rings is 6. The molecule has 0 spiro atoms. The van der Waals surface area contributed by atoms with Gasteiger partial charge in [0.05, 0.1) is 33.6 Å². The average Bonchev–Trinajstić information content (AvgIpc) is 3.60. The maximum Gasteiger partial charge on any atom is 0.148 e. The van der Waals surface area contributed by atoms with Crippen LogP contribution in [-0.2, 0) is 25.1 Å². The topological polar surface area (TPSA) is 78.1 Å². The van der Waals surface area contributed by atoms with E-state index >= 15 is 0 Å².